The smallest absolute Gasteiger partial charge is 0.247 e. The van der Waals surface area contributed by atoms with Crippen LogP contribution in [0.1, 0.15) is 26.2 Å². The maximum atomic E-state index is 12.2. The van der Waals surface area contributed by atoms with Crippen LogP contribution in [-0.2, 0) is 9.90 Å². The lowest BCUT2D eigenvalue weighted by Crippen LogP contribution is -2.06. The summed E-state index contributed by atoms with van der Waals surface area (Å²) < 4.78 is 12.2. The molecule has 53 valence electrons. The van der Waals surface area contributed by atoms with Crippen LogP contribution in [0.15, 0.2) is 0 Å². The van der Waals surface area contributed by atoms with Crippen LogP contribution in [0.3, 0.4) is 0 Å². The molecule has 0 aliphatic heterocycles. The van der Waals surface area contributed by atoms with Gasteiger partial charge >= 0.3 is 5.97 Å². The van der Waals surface area contributed by atoms with Crippen LogP contribution in [0.25, 0.3) is 0 Å². The van der Waals surface area contributed by atoms with E-state index < -0.39 is 18.6 Å². The van der Waals surface area contributed by atoms with Crippen molar-refractivity contribution in [3.8, 4) is 0 Å². The molecule has 0 amide bonds. The van der Waals surface area contributed by atoms with Gasteiger partial charge in [0.2, 0.25) is 0 Å². The average molecular weight is 133 g/mol. The summed E-state index contributed by atoms with van der Waals surface area (Å²) in [7, 11) is 0. The number of carbonyl (C=O) groups excluding carboxylic acids is 1. The molecule has 0 aliphatic carbocycles. The SMILES string of the molecule is CCCC(F)CC([O])=O. The Bertz CT molecular complexity index is 93.1. The quantitative estimate of drug-likeness (QED) is 0.572. The number of carbonyl (C=O) groups is 1. The fourth-order valence-electron chi connectivity index (χ4n) is 0.596. The lowest BCUT2D eigenvalue weighted by atomic mass is 10.2. The van der Waals surface area contributed by atoms with E-state index in [0.717, 1.165) is 0 Å². The molecule has 0 spiro atoms. The minimum Gasteiger partial charge on any atom is -0.247 e. The summed E-state index contributed by atoms with van der Waals surface area (Å²) in [6, 6.07) is 0. The van der Waals surface area contributed by atoms with E-state index in [4.69, 9.17) is 0 Å². The molecule has 0 fully saturated rings. The lowest BCUT2D eigenvalue weighted by Gasteiger charge is -1.98. The van der Waals surface area contributed by atoms with Crippen molar-refractivity contribution >= 4 is 5.97 Å². The maximum absolute atomic E-state index is 12.2. The van der Waals surface area contributed by atoms with Crippen molar-refractivity contribution in [3.63, 3.8) is 0 Å². The molecule has 0 aromatic heterocycles. The molecule has 0 aromatic rings. The Morgan fingerprint density at radius 2 is 2.22 bits per heavy atom. The highest BCUT2D eigenvalue weighted by molar-refractivity contribution is 5.66. The molecule has 0 heterocycles. The van der Waals surface area contributed by atoms with E-state index in [1.165, 1.54) is 0 Å². The van der Waals surface area contributed by atoms with E-state index in [1.54, 1.807) is 0 Å². The van der Waals surface area contributed by atoms with Gasteiger partial charge in [-0.05, 0) is 6.42 Å². The zero-order valence-electron chi connectivity index (χ0n) is 5.39. The molecule has 0 N–H and O–H groups in total. The van der Waals surface area contributed by atoms with Crippen molar-refractivity contribution in [1.82, 2.24) is 0 Å². The Labute approximate surface area is 53.7 Å². The van der Waals surface area contributed by atoms with Gasteiger partial charge in [-0.3, -0.25) is 0 Å². The fraction of sp³-hybridized carbons (Fsp3) is 0.833. The van der Waals surface area contributed by atoms with Crippen LogP contribution in [-0.4, -0.2) is 12.1 Å². The molecule has 0 saturated heterocycles. The van der Waals surface area contributed by atoms with Gasteiger partial charge in [-0.25, -0.2) is 14.3 Å². The van der Waals surface area contributed by atoms with Gasteiger partial charge in [0.15, 0.2) is 0 Å². The topological polar surface area (TPSA) is 37.0 Å². The van der Waals surface area contributed by atoms with Gasteiger partial charge < -0.3 is 0 Å². The lowest BCUT2D eigenvalue weighted by molar-refractivity contribution is -0.144. The molecule has 0 saturated carbocycles. The Balaban J connectivity index is 3.26. The molecular formula is C6H10FO2. The molecule has 0 rings (SSSR count). The third-order valence-corrected chi connectivity index (χ3v) is 0.990. The molecule has 1 unspecified atom stereocenters. The van der Waals surface area contributed by atoms with E-state index in [-0.39, 0.29) is 0 Å². The zero-order valence-corrected chi connectivity index (χ0v) is 5.39. The largest absolute Gasteiger partial charge is 0.358 e. The molecule has 0 bridgehead atoms. The third kappa shape index (κ3) is 5.27. The molecular weight excluding hydrogens is 123 g/mol. The predicted octanol–water partition coefficient (Wildman–Crippen LogP) is 1.47. The molecule has 1 radical (unpaired) electrons. The minimum absolute atomic E-state index is 0.313. The van der Waals surface area contributed by atoms with Crippen LogP contribution in [0.4, 0.5) is 4.39 Å². The fourth-order valence-corrected chi connectivity index (χ4v) is 0.596. The summed E-state index contributed by atoms with van der Waals surface area (Å²) >= 11 is 0. The monoisotopic (exact) mass is 133 g/mol. The standard InChI is InChI=1S/C6H10FO2/c1-2-3-5(7)4-6(8)9/h5H,2-4H2,1H3. The summed E-state index contributed by atoms with van der Waals surface area (Å²) in [4.78, 5) is 9.73. The predicted molar refractivity (Wildman–Crippen MR) is 30.1 cm³/mol. The van der Waals surface area contributed by atoms with Crippen molar-refractivity contribution in [2.45, 2.75) is 32.4 Å². The highest BCUT2D eigenvalue weighted by Crippen LogP contribution is 2.05. The average Bonchev–Trinajstić information content (AvgIpc) is 1.63. The van der Waals surface area contributed by atoms with Gasteiger partial charge in [0, 0.05) is 0 Å². The summed E-state index contributed by atoms with van der Waals surface area (Å²) in [6.07, 6.45) is -0.698. The first kappa shape index (κ1) is 8.40. The first-order valence-corrected chi connectivity index (χ1v) is 3.00. The zero-order chi connectivity index (χ0) is 7.28. The van der Waals surface area contributed by atoms with E-state index in [2.05, 4.69) is 0 Å². The molecule has 0 aromatic carbocycles. The van der Waals surface area contributed by atoms with Crippen LogP contribution in [0, 0.1) is 0 Å². The Morgan fingerprint density at radius 1 is 1.67 bits per heavy atom. The van der Waals surface area contributed by atoms with Crippen molar-refractivity contribution in [3.05, 3.63) is 0 Å². The van der Waals surface area contributed by atoms with Gasteiger partial charge in [-0.2, -0.15) is 0 Å². The van der Waals surface area contributed by atoms with E-state index >= 15 is 0 Å². The second-order valence-electron chi connectivity index (χ2n) is 1.96. The van der Waals surface area contributed by atoms with E-state index in [9.17, 15) is 14.3 Å². The van der Waals surface area contributed by atoms with Gasteiger partial charge in [0.25, 0.3) is 0 Å². The normalized spacial score (nSPS) is 13.1. The summed E-state index contributed by atoms with van der Waals surface area (Å²) in [5.74, 6) is -1.31. The van der Waals surface area contributed by atoms with Crippen molar-refractivity contribution in [2.75, 3.05) is 0 Å². The van der Waals surface area contributed by atoms with Gasteiger partial charge in [-0.1, -0.05) is 13.3 Å². The summed E-state index contributed by atoms with van der Waals surface area (Å²) in [5, 5.41) is 9.73. The van der Waals surface area contributed by atoms with Crippen LogP contribution in [0.5, 0.6) is 0 Å². The number of hydrogen-bond acceptors (Lipinski definition) is 1. The first-order valence-electron chi connectivity index (χ1n) is 3.00. The van der Waals surface area contributed by atoms with Gasteiger partial charge in [0.1, 0.15) is 6.17 Å². The second-order valence-corrected chi connectivity index (χ2v) is 1.96. The molecule has 3 heteroatoms. The summed E-state index contributed by atoms with van der Waals surface area (Å²) in [6.45, 7) is 1.81. The maximum Gasteiger partial charge on any atom is 0.358 e. The van der Waals surface area contributed by atoms with Crippen molar-refractivity contribution in [1.29, 1.82) is 0 Å². The van der Waals surface area contributed by atoms with Crippen LogP contribution >= 0.6 is 0 Å². The number of rotatable bonds is 4. The molecule has 9 heavy (non-hydrogen) atoms. The highest BCUT2D eigenvalue weighted by Gasteiger charge is 2.10. The van der Waals surface area contributed by atoms with Gasteiger partial charge in [-0.15, -0.1) is 0 Å². The van der Waals surface area contributed by atoms with Crippen molar-refractivity contribution < 1.29 is 14.3 Å². The third-order valence-electron chi connectivity index (χ3n) is 0.990. The first-order chi connectivity index (χ1) is 4.16. The Morgan fingerprint density at radius 3 is 2.56 bits per heavy atom. The van der Waals surface area contributed by atoms with Crippen LogP contribution in [0.2, 0.25) is 0 Å². The number of halogens is 1. The highest BCUT2D eigenvalue weighted by atomic mass is 19.1. The van der Waals surface area contributed by atoms with Gasteiger partial charge in [0.05, 0.1) is 6.42 Å². The van der Waals surface area contributed by atoms with E-state index in [0.29, 0.717) is 12.8 Å². The molecule has 1 atom stereocenters. The van der Waals surface area contributed by atoms with E-state index in [1.807, 2.05) is 6.92 Å². The second kappa shape index (κ2) is 4.30. The van der Waals surface area contributed by atoms with Crippen molar-refractivity contribution in [2.24, 2.45) is 0 Å². The molecule has 2 nitrogen and oxygen atoms in total. The molecule has 0 aliphatic rings. The number of hydrogen-bond donors (Lipinski definition) is 0. The number of alkyl halides is 1. The summed E-state index contributed by atoms with van der Waals surface area (Å²) in [5.41, 5.74) is 0. The Kier molecular flexibility index (Phi) is 4.01. The Hall–Kier alpha value is -0.600. The van der Waals surface area contributed by atoms with Crippen LogP contribution < -0.4 is 0 Å². The minimum atomic E-state index is -1.31.